The molecule has 0 heterocycles. The number of hydrogen-bond donors (Lipinski definition) is 4. The van der Waals surface area contributed by atoms with E-state index in [2.05, 4.69) is 0 Å². The second-order valence-electron chi connectivity index (χ2n) is 2.62. The molecular weight excluding hydrogens is 157 g/mol. The molecule has 1 saturated carbocycles. The van der Waals surface area contributed by atoms with Crippen molar-refractivity contribution < 1.29 is 19.5 Å². The molecule has 6 heteroatoms. The molecule has 5 N–H and O–H groups in total. The zero-order valence-electron chi connectivity index (χ0n) is 5.27. The maximum absolute atomic E-state index is 10.5. The Balaban J connectivity index is 2.68. The van der Waals surface area contributed by atoms with Crippen LogP contribution in [0.25, 0.3) is 0 Å². The van der Waals surface area contributed by atoms with E-state index >= 15 is 0 Å². The lowest BCUT2D eigenvalue weighted by molar-refractivity contribution is 0.263. The molecule has 0 aliphatic heterocycles. The van der Waals surface area contributed by atoms with Crippen molar-refractivity contribution in [1.82, 2.24) is 0 Å². The molecule has 5 nitrogen and oxygen atoms in total. The standard InChI is InChI=1S/C4H10NO4P/c5-4(10(7,8)9)1-3(4)2-6/h3,6H,1-2,5H2,(H2,7,8,9)/t3-,4-/m1/s1. The minimum absolute atomic E-state index is 0.216. The first-order valence-electron chi connectivity index (χ1n) is 2.87. The highest BCUT2D eigenvalue weighted by atomic mass is 31.2. The zero-order chi connectivity index (χ0) is 7.99. The zero-order valence-corrected chi connectivity index (χ0v) is 6.16. The van der Waals surface area contributed by atoms with Gasteiger partial charge in [-0.25, -0.2) is 0 Å². The van der Waals surface area contributed by atoms with Gasteiger partial charge < -0.3 is 20.6 Å². The van der Waals surface area contributed by atoms with Crippen LogP contribution in [0.2, 0.25) is 0 Å². The molecule has 1 aliphatic carbocycles. The van der Waals surface area contributed by atoms with Gasteiger partial charge in [-0.2, -0.15) is 0 Å². The van der Waals surface area contributed by atoms with Gasteiger partial charge in [-0.1, -0.05) is 0 Å². The predicted octanol–water partition coefficient (Wildman–Crippen LogP) is -1.17. The second-order valence-corrected chi connectivity index (χ2v) is 4.54. The second kappa shape index (κ2) is 2.03. The van der Waals surface area contributed by atoms with Gasteiger partial charge in [-0.05, 0) is 6.42 Å². The Morgan fingerprint density at radius 1 is 1.70 bits per heavy atom. The Morgan fingerprint density at radius 2 is 2.20 bits per heavy atom. The number of nitrogens with two attached hydrogens (primary N) is 1. The van der Waals surface area contributed by atoms with E-state index in [0.717, 1.165) is 0 Å². The third kappa shape index (κ3) is 1.00. The van der Waals surface area contributed by atoms with Crippen molar-refractivity contribution in [2.75, 3.05) is 6.61 Å². The van der Waals surface area contributed by atoms with E-state index in [1.165, 1.54) is 0 Å². The molecule has 0 aromatic heterocycles. The molecular formula is C4H10NO4P. The summed E-state index contributed by atoms with van der Waals surface area (Å²) >= 11 is 0. The molecule has 0 radical (unpaired) electrons. The molecule has 0 aromatic carbocycles. The highest BCUT2D eigenvalue weighted by Gasteiger charge is 2.62. The fraction of sp³-hybridized carbons (Fsp3) is 1.00. The number of rotatable bonds is 2. The van der Waals surface area contributed by atoms with E-state index in [4.69, 9.17) is 20.6 Å². The Morgan fingerprint density at radius 3 is 2.30 bits per heavy atom. The van der Waals surface area contributed by atoms with Gasteiger partial charge in [0.05, 0.1) is 0 Å². The minimum Gasteiger partial charge on any atom is -0.396 e. The van der Waals surface area contributed by atoms with Crippen LogP contribution in [0, 0.1) is 5.92 Å². The monoisotopic (exact) mass is 167 g/mol. The third-order valence-corrected chi connectivity index (χ3v) is 3.52. The van der Waals surface area contributed by atoms with Crippen LogP contribution in [0.1, 0.15) is 6.42 Å². The van der Waals surface area contributed by atoms with E-state index in [1.807, 2.05) is 0 Å². The van der Waals surface area contributed by atoms with Gasteiger partial charge in [-0.3, -0.25) is 4.57 Å². The summed E-state index contributed by atoms with van der Waals surface area (Å²) in [5.41, 5.74) is 5.26. The van der Waals surface area contributed by atoms with Crippen LogP contribution >= 0.6 is 7.60 Å². The molecule has 0 saturated heterocycles. The van der Waals surface area contributed by atoms with E-state index in [0.29, 0.717) is 0 Å². The molecule has 60 valence electrons. The Labute approximate surface area is 58.0 Å². The van der Waals surface area contributed by atoms with Crippen LogP contribution in [-0.2, 0) is 4.57 Å². The third-order valence-electron chi connectivity index (χ3n) is 1.88. The first-order valence-corrected chi connectivity index (χ1v) is 4.48. The fourth-order valence-corrected chi connectivity index (χ4v) is 1.93. The quantitative estimate of drug-likeness (QED) is 0.388. The first kappa shape index (κ1) is 8.17. The maximum Gasteiger partial charge on any atom is 0.345 e. The SMILES string of the molecule is N[C@@]1(P(=O)(O)O)C[C@@H]1CO. The molecule has 10 heavy (non-hydrogen) atoms. The van der Waals surface area contributed by atoms with Crippen molar-refractivity contribution in [2.24, 2.45) is 11.7 Å². The van der Waals surface area contributed by atoms with Crippen molar-refractivity contribution in [3.8, 4) is 0 Å². The van der Waals surface area contributed by atoms with Crippen molar-refractivity contribution in [3.05, 3.63) is 0 Å². The number of hydrogen-bond acceptors (Lipinski definition) is 3. The molecule has 0 bridgehead atoms. The highest BCUT2D eigenvalue weighted by Crippen LogP contribution is 2.64. The molecule has 1 aliphatic rings. The summed E-state index contributed by atoms with van der Waals surface area (Å²) < 4.78 is 10.5. The smallest absolute Gasteiger partial charge is 0.345 e. The van der Waals surface area contributed by atoms with Crippen LogP contribution in [0.5, 0.6) is 0 Å². The van der Waals surface area contributed by atoms with Crippen molar-refractivity contribution >= 4 is 7.60 Å². The van der Waals surface area contributed by atoms with Gasteiger partial charge in [0.15, 0.2) is 0 Å². The first-order chi connectivity index (χ1) is 4.42. The summed E-state index contributed by atoms with van der Waals surface area (Å²) in [6.45, 7) is -0.248. The van der Waals surface area contributed by atoms with Gasteiger partial charge >= 0.3 is 7.60 Å². The largest absolute Gasteiger partial charge is 0.396 e. The summed E-state index contributed by atoms with van der Waals surface area (Å²) in [5.74, 6) is -0.423. The van der Waals surface area contributed by atoms with Crippen molar-refractivity contribution in [2.45, 2.75) is 11.7 Å². The average molecular weight is 167 g/mol. The summed E-state index contributed by atoms with van der Waals surface area (Å²) in [6, 6.07) is 0. The lowest BCUT2D eigenvalue weighted by atomic mass is 10.4. The van der Waals surface area contributed by atoms with Gasteiger partial charge in [-0.15, -0.1) is 0 Å². The molecule has 1 fully saturated rings. The summed E-state index contributed by atoms with van der Waals surface area (Å²) in [4.78, 5) is 17.2. The van der Waals surface area contributed by atoms with Crippen LogP contribution in [0.15, 0.2) is 0 Å². The highest BCUT2D eigenvalue weighted by molar-refractivity contribution is 7.54. The summed E-state index contributed by atoms with van der Waals surface area (Å²) in [7, 11) is -4.19. The van der Waals surface area contributed by atoms with Gasteiger partial charge in [0.2, 0.25) is 0 Å². The summed E-state index contributed by atoms with van der Waals surface area (Å²) in [5, 5.41) is 7.05. The van der Waals surface area contributed by atoms with Gasteiger partial charge in [0.1, 0.15) is 5.28 Å². The molecule has 0 aromatic rings. The number of aliphatic hydroxyl groups is 1. The maximum atomic E-state index is 10.5. The van der Waals surface area contributed by atoms with E-state index in [1.54, 1.807) is 0 Å². The minimum atomic E-state index is -4.19. The molecule has 2 atom stereocenters. The van der Waals surface area contributed by atoms with Crippen molar-refractivity contribution in [3.63, 3.8) is 0 Å². The molecule has 0 spiro atoms. The lowest BCUT2D eigenvalue weighted by Gasteiger charge is -2.11. The van der Waals surface area contributed by atoms with Crippen LogP contribution in [0.3, 0.4) is 0 Å². The normalized spacial score (nSPS) is 39.8. The Bertz CT molecular complexity index is 190. The molecule has 1 rings (SSSR count). The van der Waals surface area contributed by atoms with E-state index in [-0.39, 0.29) is 13.0 Å². The lowest BCUT2D eigenvalue weighted by Crippen LogP contribution is -2.25. The Kier molecular flexibility index (Phi) is 1.66. The van der Waals surface area contributed by atoms with Crippen LogP contribution in [-0.4, -0.2) is 26.8 Å². The average Bonchev–Trinajstić information content (AvgIpc) is 2.41. The van der Waals surface area contributed by atoms with Gasteiger partial charge in [0.25, 0.3) is 0 Å². The van der Waals surface area contributed by atoms with Gasteiger partial charge in [0, 0.05) is 12.5 Å². The topological polar surface area (TPSA) is 104 Å². The van der Waals surface area contributed by atoms with Crippen LogP contribution in [0.4, 0.5) is 0 Å². The van der Waals surface area contributed by atoms with E-state index < -0.39 is 18.8 Å². The summed E-state index contributed by atoms with van der Waals surface area (Å²) in [6.07, 6.45) is 0.216. The fourth-order valence-electron chi connectivity index (χ4n) is 0.915. The predicted molar refractivity (Wildman–Crippen MR) is 34.2 cm³/mol. The van der Waals surface area contributed by atoms with E-state index in [9.17, 15) is 4.57 Å². The van der Waals surface area contributed by atoms with Crippen molar-refractivity contribution in [1.29, 1.82) is 0 Å². The molecule has 0 amide bonds. The molecule has 0 unspecified atom stereocenters. The van der Waals surface area contributed by atoms with Crippen LogP contribution < -0.4 is 5.73 Å². The Hall–Kier alpha value is 0.0700. The number of aliphatic hydroxyl groups excluding tert-OH is 1.